The molecular formula is C21H21N3O4. The lowest BCUT2D eigenvalue weighted by Crippen LogP contribution is -2.13. The molecular weight excluding hydrogens is 358 g/mol. The summed E-state index contributed by atoms with van der Waals surface area (Å²) in [5.74, 6) is 1.81. The predicted molar refractivity (Wildman–Crippen MR) is 104 cm³/mol. The molecule has 1 aliphatic rings. The van der Waals surface area contributed by atoms with E-state index in [2.05, 4.69) is 10.4 Å². The number of carbonyl (C=O) groups excluding carboxylic acids is 1. The van der Waals surface area contributed by atoms with Gasteiger partial charge in [0.15, 0.2) is 11.5 Å². The second kappa shape index (κ2) is 7.26. The van der Waals surface area contributed by atoms with Gasteiger partial charge in [0.25, 0.3) is 5.91 Å². The van der Waals surface area contributed by atoms with E-state index in [1.54, 1.807) is 25.3 Å². The lowest BCUT2D eigenvalue weighted by molar-refractivity contribution is 0.102. The Balaban J connectivity index is 1.54. The Hall–Kier alpha value is -3.48. The van der Waals surface area contributed by atoms with Crippen LogP contribution in [0.25, 0.3) is 0 Å². The molecule has 0 saturated heterocycles. The van der Waals surface area contributed by atoms with Crippen molar-refractivity contribution < 1.29 is 19.0 Å². The summed E-state index contributed by atoms with van der Waals surface area (Å²) >= 11 is 0. The molecule has 1 aromatic heterocycles. The van der Waals surface area contributed by atoms with Gasteiger partial charge in [-0.05, 0) is 49.7 Å². The monoisotopic (exact) mass is 379 g/mol. The maximum atomic E-state index is 12.7. The number of carbonyl (C=O) groups is 1. The molecule has 7 nitrogen and oxygen atoms in total. The average molecular weight is 379 g/mol. The van der Waals surface area contributed by atoms with Crippen LogP contribution >= 0.6 is 0 Å². The number of hydrogen-bond acceptors (Lipinski definition) is 5. The molecule has 0 radical (unpaired) electrons. The Morgan fingerprint density at radius 3 is 2.82 bits per heavy atom. The molecule has 2 aromatic carbocycles. The van der Waals surface area contributed by atoms with Gasteiger partial charge in [0.2, 0.25) is 6.79 Å². The third kappa shape index (κ3) is 3.38. The standard InChI is InChI=1S/C21H21N3O4/c1-13-20(22-21(25)16-7-8-18-19(10-16)28-12-27-18)14(2)24(23-13)11-15-5-4-6-17(9-15)26-3/h4-10H,11-12H2,1-3H3,(H,22,25). The van der Waals surface area contributed by atoms with Gasteiger partial charge in [0, 0.05) is 5.56 Å². The number of methoxy groups -OCH3 is 1. The van der Waals surface area contributed by atoms with Crippen LogP contribution in [-0.4, -0.2) is 29.6 Å². The van der Waals surface area contributed by atoms with Gasteiger partial charge in [-0.25, -0.2) is 0 Å². The van der Waals surface area contributed by atoms with E-state index in [9.17, 15) is 4.79 Å². The van der Waals surface area contributed by atoms with E-state index in [0.29, 0.717) is 29.3 Å². The molecule has 4 rings (SSSR count). The Bertz CT molecular complexity index is 1040. The molecule has 1 aliphatic heterocycles. The minimum atomic E-state index is -0.217. The van der Waals surface area contributed by atoms with E-state index in [1.807, 2.05) is 42.8 Å². The SMILES string of the molecule is COc1cccc(Cn2nc(C)c(NC(=O)c3ccc4c(c3)OCO4)c2C)c1. The van der Waals surface area contributed by atoms with Crippen molar-refractivity contribution in [3.8, 4) is 17.2 Å². The molecule has 0 saturated carbocycles. The number of fused-ring (bicyclic) bond motifs is 1. The number of benzene rings is 2. The van der Waals surface area contributed by atoms with Gasteiger partial charge >= 0.3 is 0 Å². The molecule has 0 unspecified atom stereocenters. The van der Waals surface area contributed by atoms with Gasteiger partial charge in [-0.15, -0.1) is 0 Å². The van der Waals surface area contributed by atoms with Crippen molar-refractivity contribution in [3.05, 3.63) is 65.0 Å². The number of hydrogen-bond donors (Lipinski definition) is 1. The van der Waals surface area contributed by atoms with Crippen LogP contribution in [0.3, 0.4) is 0 Å². The van der Waals surface area contributed by atoms with Gasteiger partial charge < -0.3 is 19.5 Å². The van der Waals surface area contributed by atoms with Gasteiger partial charge in [0.1, 0.15) is 5.75 Å². The lowest BCUT2D eigenvalue weighted by atomic mass is 10.1. The average Bonchev–Trinajstić information content (AvgIpc) is 3.27. The minimum absolute atomic E-state index is 0.176. The van der Waals surface area contributed by atoms with Crippen molar-refractivity contribution >= 4 is 11.6 Å². The molecule has 0 atom stereocenters. The molecule has 1 N–H and O–H groups in total. The summed E-state index contributed by atoms with van der Waals surface area (Å²) in [6, 6.07) is 13.0. The van der Waals surface area contributed by atoms with Crippen molar-refractivity contribution in [2.45, 2.75) is 20.4 Å². The number of aryl methyl sites for hydroxylation is 1. The maximum absolute atomic E-state index is 12.7. The van der Waals surface area contributed by atoms with E-state index >= 15 is 0 Å². The first-order chi connectivity index (χ1) is 13.5. The predicted octanol–water partition coefficient (Wildman–Crippen LogP) is 3.54. The van der Waals surface area contributed by atoms with Crippen molar-refractivity contribution in [2.75, 3.05) is 19.2 Å². The summed E-state index contributed by atoms with van der Waals surface area (Å²) in [7, 11) is 1.65. The molecule has 1 amide bonds. The van der Waals surface area contributed by atoms with Crippen LogP contribution in [0.5, 0.6) is 17.2 Å². The summed E-state index contributed by atoms with van der Waals surface area (Å²) < 4.78 is 17.8. The van der Waals surface area contributed by atoms with Gasteiger partial charge in [-0.3, -0.25) is 9.48 Å². The van der Waals surface area contributed by atoms with Crippen molar-refractivity contribution in [2.24, 2.45) is 0 Å². The number of anilines is 1. The summed E-state index contributed by atoms with van der Waals surface area (Å²) in [6.45, 7) is 4.58. The molecule has 2 heterocycles. The van der Waals surface area contributed by atoms with Gasteiger partial charge in [-0.2, -0.15) is 5.10 Å². The highest BCUT2D eigenvalue weighted by Gasteiger charge is 2.19. The van der Waals surface area contributed by atoms with Crippen LogP contribution in [0.2, 0.25) is 0 Å². The molecule has 0 aliphatic carbocycles. The summed E-state index contributed by atoms with van der Waals surface area (Å²) in [6.07, 6.45) is 0. The molecule has 0 fully saturated rings. The summed E-state index contributed by atoms with van der Waals surface area (Å²) in [5, 5.41) is 7.55. The molecule has 0 bridgehead atoms. The topological polar surface area (TPSA) is 74.6 Å². The number of aromatic nitrogens is 2. The number of nitrogens with one attached hydrogen (secondary N) is 1. The van der Waals surface area contributed by atoms with Crippen LogP contribution < -0.4 is 19.5 Å². The maximum Gasteiger partial charge on any atom is 0.255 e. The zero-order valence-corrected chi connectivity index (χ0v) is 16.0. The smallest absolute Gasteiger partial charge is 0.255 e. The third-order valence-corrected chi connectivity index (χ3v) is 4.72. The number of rotatable bonds is 5. The van der Waals surface area contributed by atoms with Crippen LogP contribution in [0.1, 0.15) is 27.3 Å². The number of amides is 1. The third-order valence-electron chi connectivity index (χ3n) is 4.72. The molecule has 7 heteroatoms. The highest BCUT2D eigenvalue weighted by Crippen LogP contribution is 2.33. The van der Waals surface area contributed by atoms with Crippen LogP contribution in [-0.2, 0) is 6.54 Å². The fourth-order valence-corrected chi connectivity index (χ4v) is 3.20. The van der Waals surface area contributed by atoms with E-state index in [0.717, 1.165) is 22.7 Å². The zero-order chi connectivity index (χ0) is 19.7. The summed E-state index contributed by atoms with van der Waals surface area (Å²) in [5.41, 5.74) is 3.93. The van der Waals surface area contributed by atoms with Gasteiger partial charge in [0.05, 0.1) is 30.7 Å². The van der Waals surface area contributed by atoms with E-state index in [-0.39, 0.29) is 12.7 Å². The number of ether oxygens (including phenoxy) is 3. The Kier molecular flexibility index (Phi) is 4.65. The second-order valence-electron chi connectivity index (χ2n) is 6.58. The largest absolute Gasteiger partial charge is 0.497 e. The molecule has 144 valence electrons. The van der Waals surface area contributed by atoms with Gasteiger partial charge in [-0.1, -0.05) is 12.1 Å². The van der Waals surface area contributed by atoms with Crippen molar-refractivity contribution in [3.63, 3.8) is 0 Å². The van der Waals surface area contributed by atoms with Crippen molar-refractivity contribution in [1.82, 2.24) is 9.78 Å². The van der Waals surface area contributed by atoms with E-state index in [1.165, 1.54) is 0 Å². The zero-order valence-electron chi connectivity index (χ0n) is 16.0. The molecule has 28 heavy (non-hydrogen) atoms. The Labute approximate surface area is 162 Å². The Morgan fingerprint density at radius 2 is 2.00 bits per heavy atom. The fraction of sp³-hybridized carbons (Fsp3) is 0.238. The van der Waals surface area contributed by atoms with Crippen LogP contribution in [0.4, 0.5) is 5.69 Å². The molecule has 0 spiro atoms. The quantitative estimate of drug-likeness (QED) is 0.734. The normalized spacial score (nSPS) is 12.1. The first-order valence-electron chi connectivity index (χ1n) is 8.93. The van der Waals surface area contributed by atoms with Crippen LogP contribution in [0.15, 0.2) is 42.5 Å². The second-order valence-corrected chi connectivity index (χ2v) is 6.58. The van der Waals surface area contributed by atoms with Crippen LogP contribution in [0, 0.1) is 13.8 Å². The fourth-order valence-electron chi connectivity index (χ4n) is 3.20. The first-order valence-corrected chi connectivity index (χ1v) is 8.93. The molecule has 3 aromatic rings. The lowest BCUT2D eigenvalue weighted by Gasteiger charge is -2.09. The van der Waals surface area contributed by atoms with Crippen molar-refractivity contribution in [1.29, 1.82) is 0 Å². The Morgan fingerprint density at radius 1 is 1.18 bits per heavy atom. The van der Waals surface area contributed by atoms with E-state index < -0.39 is 0 Å². The first kappa shape index (κ1) is 17.9. The minimum Gasteiger partial charge on any atom is -0.497 e. The summed E-state index contributed by atoms with van der Waals surface area (Å²) in [4.78, 5) is 12.7. The highest BCUT2D eigenvalue weighted by molar-refractivity contribution is 6.05. The number of nitrogens with zero attached hydrogens (tertiary/aromatic N) is 2. The van der Waals surface area contributed by atoms with E-state index in [4.69, 9.17) is 14.2 Å². The highest BCUT2D eigenvalue weighted by atomic mass is 16.7.